The third-order valence-corrected chi connectivity index (χ3v) is 3.33. The number of hydrogen-bond donors (Lipinski definition) is 1. The van der Waals surface area contributed by atoms with Crippen molar-refractivity contribution in [2.75, 3.05) is 5.73 Å². The van der Waals surface area contributed by atoms with E-state index in [4.69, 9.17) is 5.73 Å². The first-order chi connectivity index (χ1) is 9.08. The highest BCUT2D eigenvalue weighted by Crippen LogP contribution is 2.30. The summed E-state index contributed by atoms with van der Waals surface area (Å²) in [5, 5.41) is 0. The first-order valence-corrected chi connectivity index (χ1v) is 6.08. The van der Waals surface area contributed by atoms with Gasteiger partial charge in [0.2, 0.25) is 0 Å². The van der Waals surface area contributed by atoms with E-state index in [1.54, 1.807) is 6.07 Å². The minimum absolute atomic E-state index is 0.284. The van der Waals surface area contributed by atoms with Crippen molar-refractivity contribution in [1.29, 1.82) is 0 Å². The fourth-order valence-electron chi connectivity index (χ4n) is 2.33. The molecule has 0 amide bonds. The van der Waals surface area contributed by atoms with E-state index in [-0.39, 0.29) is 5.82 Å². The standard InChI is InChI=1S/C15H14FN3/c1-9-6-7-11(16)8-12(9)14-15(17)19-10(2)4-3-5-13(19)18-14/h3-8H,17H2,1-2H3. The molecule has 2 aromatic heterocycles. The Balaban J connectivity index is 2.34. The van der Waals surface area contributed by atoms with Crippen molar-refractivity contribution in [2.24, 2.45) is 0 Å². The topological polar surface area (TPSA) is 43.3 Å². The fourth-order valence-corrected chi connectivity index (χ4v) is 2.33. The van der Waals surface area contributed by atoms with Crippen LogP contribution in [0.4, 0.5) is 10.2 Å². The number of fused-ring (bicyclic) bond motifs is 1. The van der Waals surface area contributed by atoms with Crippen molar-refractivity contribution in [3.8, 4) is 11.3 Å². The van der Waals surface area contributed by atoms with Crippen LogP contribution in [0.25, 0.3) is 16.9 Å². The molecule has 19 heavy (non-hydrogen) atoms. The second-order valence-corrected chi connectivity index (χ2v) is 4.67. The van der Waals surface area contributed by atoms with Gasteiger partial charge in [-0.3, -0.25) is 4.40 Å². The summed E-state index contributed by atoms with van der Waals surface area (Å²) < 4.78 is 15.3. The SMILES string of the molecule is Cc1ccc(F)cc1-c1nc2cccc(C)n2c1N. The summed E-state index contributed by atoms with van der Waals surface area (Å²) in [6, 6.07) is 10.4. The molecule has 3 rings (SSSR count). The van der Waals surface area contributed by atoms with Crippen molar-refractivity contribution >= 4 is 11.5 Å². The number of halogens is 1. The third kappa shape index (κ3) is 1.76. The Morgan fingerprint density at radius 1 is 1.16 bits per heavy atom. The Bertz CT molecular complexity index is 774. The molecular weight excluding hydrogens is 241 g/mol. The number of nitrogen functional groups attached to an aromatic ring is 1. The molecule has 96 valence electrons. The number of hydrogen-bond acceptors (Lipinski definition) is 2. The molecule has 0 saturated carbocycles. The van der Waals surface area contributed by atoms with E-state index in [0.717, 1.165) is 22.5 Å². The second-order valence-electron chi connectivity index (χ2n) is 4.67. The van der Waals surface area contributed by atoms with Gasteiger partial charge in [-0.05, 0) is 43.7 Å². The fraction of sp³-hybridized carbons (Fsp3) is 0.133. The first-order valence-electron chi connectivity index (χ1n) is 6.08. The van der Waals surface area contributed by atoms with Gasteiger partial charge in [0.1, 0.15) is 23.0 Å². The molecule has 0 aliphatic rings. The Morgan fingerprint density at radius 2 is 1.95 bits per heavy atom. The molecule has 4 heteroatoms. The highest BCUT2D eigenvalue weighted by atomic mass is 19.1. The molecule has 0 atom stereocenters. The van der Waals surface area contributed by atoms with Gasteiger partial charge in [-0.25, -0.2) is 9.37 Å². The molecule has 3 nitrogen and oxygen atoms in total. The van der Waals surface area contributed by atoms with Crippen LogP contribution in [-0.4, -0.2) is 9.38 Å². The highest BCUT2D eigenvalue weighted by Gasteiger charge is 2.14. The van der Waals surface area contributed by atoms with Crippen LogP contribution in [0.1, 0.15) is 11.3 Å². The highest BCUT2D eigenvalue weighted by molar-refractivity contribution is 5.77. The Labute approximate surface area is 110 Å². The van der Waals surface area contributed by atoms with Crippen LogP contribution in [0.5, 0.6) is 0 Å². The summed E-state index contributed by atoms with van der Waals surface area (Å²) >= 11 is 0. The minimum Gasteiger partial charge on any atom is -0.383 e. The van der Waals surface area contributed by atoms with E-state index in [1.165, 1.54) is 12.1 Å². The second kappa shape index (κ2) is 4.09. The van der Waals surface area contributed by atoms with Gasteiger partial charge in [0.15, 0.2) is 0 Å². The zero-order valence-electron chi connectivity index (χ0n) is 10.8. The lowest BCUT2D eigenvalue weighted by Gasteiger charge is -2.05. The van der Waals surface area contributed by atoms with Gasteiger partial charge in [0.05, 0.1) is 0 Å². The van der Waals surface area contributed by atoms with Gasteiger partial charge in [-0.2, -0.15) is 0 Å². The molecule has 0 unspecified atom stereocenters. The Kier molecular flexibility index (Phi) is 2.52. The number of rotatable bonds is 1. The van der Waals surface area contributed by atoms with E-state index < -0.39 is 0 Å². The molecule has 0 aliphatic carbocycles. The number of imidazole rings is 1. The van der Waals surface area contributed by atoms with Gasteiger partial charge in [0.25, 0.3) is 0 Å². The molecule has 3 aromatic rings. The lowest BCUT2D eigenvalue weighted by Crippen LogP contribution is -1.98. The molecule has 2 heterocycles. The largest absolute Gasteiger partial charge is 0.383 e. The number of benzene rings is 1. The molecular formula is C15H14FN3. The maximum atomic E-state index is 13.4. The van der Waals surface area contributed by atoms with Crippen LogP contribution < -0.4 is 5.73 Å². The van der Waals surface area contributed by atoms with E-state index >= 15 is 0 Å². The zero-order valence-corrected chi connectivity index (χ0v) is 10.8. The van der Waals surface area contributed by atoms with Crippen LogP contribution in [0, 0.1) is 19.7 Å². The molecule has 2 N–H and O–H groups in total. The van der Waals surface area contributed by atoms with Gasteiger partial charge in [0, 0.05) is 11.3 Å². The predicted molar refractivity (Wildman–Crippen MR) is 74.5 cm³/mol. The summed E-state index contributed by atoms with van der Waals surface area (Å²) in [5.41, 5.74) is 10.3. The predicted octanol–water partition coefficient (Wildman–Crippen LogP) is 3.34. The number of pyridine rings is 1. The van der Waals surface area contributed by atoms with Crippen LogP contribution in [0.15, 0.2) is 36.4 Å². The van der Waals surface area contributed by atoms with E-state index in [1.807, 2.05) is 36.4 Å². The molecule has 0 bridgehead atoms. The van der Waals surface area contributed by atoms with E-state index in [9.17, 15) is 4.39 Å². The van der Waals surface area contributed by atoms with Crippen LogP contribution >= 0.6 is 0 Å². The monoisotopic (exact) mass is 255 g/mol. The molecule has 0 spiro atoms. The quantitative estimate of drug-likeness (QED) is 0.724. The molecule has 0 saturated heterocycles. The van der Waals surface area contributed by atoms with E-state index in [0.29, 0.717) is 11.5 Å². The average molecular weight is 255 g/mol. The molecule has 0 fully saturated rings. The minimum atomic E-state index is -0.284. The number of anilines is 1. The maximum Gasteiger partial charge on any atom is 0.139 e. The maximum absolute atomic E-state index is 13.4. The number of aromatic nitrogens is 2. The summed E-state index contributed by atoms with van der Waals surface area (Å²) in [5.74, 6) is 0.260. The Morgan fingerprint density at radius 3 is 2.68 bits per heavy atom. The smallest absolute Gasteiger partial charge is 0.139 e. The zero-order chi connectivity index (χ0) is 13.6. The lowest BCUT2D eigenvalue weighted by atomic mass is 10.1. The van der Waals surface area contributed by atoms with Gasteiger partial charge in [-0.15, -0.1) is 0 Å². The van der Waals surface area contributed by atoms with Crippen LogP contribution in [0.2, 0.25) is 0 Å². The number of aryl methyl sites for hydroxylation is 2. The summed E-state index contributed by atoms with van der Waals surface area (Å²) in [6.07, 6.45) is 0. The number of nitrogens with zero attached hydrogens (tertiary/aromatic N) is 2. The van der Waals surface area contributed by atoms with Crippen LogP contribution in [-0.2, 0) is 0 Å². The van der Waals surface area contributed by atoms with Crippen molar-refractivity contribution in [2.45, 2.75) is 13.8 Å². The number of nitrogens with two attached hydrogens (primary N) is 1. The summed E-state index contributed by atoms with van der Waals surface area (Å²) in [6.45, 7) is 3.89. The molecule has 0 aliphatic heterocycles. The van der Waals surface area contributed by atoms with E-state index in [2.05, 4.69) is 4.98 Å². The van der Waals surface area contributed by atoms with Gasteiger partial charge >= 0.3 is 0 Å². The van der Waals surface area contributed by atoms with Crippen molar-refractivity contribution < 1.29 is 4.39 Å². The third-order valence-electron chi connectivity index (χ3n) is 3.33. The van der Waals surface area contributed by atoms with Crippen molar-refractivity contribution in [3.63, 3.8) is 0 Å². The average Bonchev–Trinajstić information content (AvgIpc) is 2.71. The molecule has 1 aromatic carbocycles. The van der Waals surface area contributed by atoms with Crippen LogP contribution in [0.3, 0.4) is 0 Å². The Hall–Kier alpha value is -2.36. The normalized spacial score (nSPS) is 11.1. The lowest BCUT2D eigenvalue weighted by molar-refractivity contribution is 0.628. The summed E-state index contributed by atoms with van der Waals surface area (Å²) in [7, 11) is 0. The molecule has 0 radical (unpaired) electrons. The van der Waals surface area contributed by atoms with Crippen molar-refractivity contribution in [3.05, 3.63) is 53.5 Å². The first kappa shape index (κ1) is 11.7. The summed E-state index contributed by atoms with van der Waals surface area (Å²) in [4.78, 5) is 4.52. The van der Waals surface area contributed by atoms with Gasteiger partial charge in [-0.1, -0.05) is 12.1 Å². The van der Waals surface area contributed by atoms with Crippen molar-refractivity contribution in [1.82, 2.24) is 9.38 Å². The van der Waals surface area contributed by atoms with Gasteiger partial charge < -0.3 is 5.73 Å².